The summed E-state index contributed by atoms with van der Waals surface area (Å²) < 4.78 is 11.7. The standard InChI is InChI=1S/C24H24N2O4S2/c1-29-20-14-17(10-11-19(20)30-16-22(27)25-12-6-3-7-13-25)15-21-23(28)26(24(31)32-21)18-8-4-2-5-9-18/h2,4-5,8-11,14-15H,3,6-7,12-13,16H2,1H3/b21-15-. The van der Waals surface area contributed by atoms with Gasteiger partial charge in [-0.2, -0.15) is 0 Å². The SMILES string of the molecule is COc1cc(/C=C2\SC(=S)N(c3ccccc3)C2=O)ccc1OCC(=O)N1CCCCC1. The van der Waals surface area contributed by atoms with Gasteiger partial charge in [0.25, 0.3) is 11.8 Å². The number of hydrogen-bond acceptors (Lipinski definition) is 6. The maximum Gasteiger partial charge on any atom is 0.270 e. The van der Waals surface area contributed by atoms with Gasteiger partial charge in [-0.25, -0.2) is 0 Å². The van der Waals surface area contributed by atoms with E-state index >= 15 is 0 Å². The van der Waals surface area contributed by atoms with Gasteiger partial charge in [0, 0.05) is 13.1 Å². The van der Waals surface area contributed by atoms with E-state index in [0.717, 1.165) is 37.2 Å². The van der Waals surface area contributed by atoms with Crippen LogP contribution in [0.1, 0.15) is 24.8 Å². The van der Waals surface area contributed by atoms with Gasteiger partial charge in [0.05, 0.1) is 17.7 Å². The first-order valence-corrected chi connectivity index (χ1v) is 11.7. The highest BCUT2D eigenvalue weighted by atomic mass is 32.2. The van der Waals surface area contributed by atoms with Crippen LogP contribution in [-0.4, -0.2) is 47.8 Å². The van der Waals surface area contributed by atoms with E-state index < -0.39 is 0 Å². The van der Waals surface area contributed by atoms with Crippen LogP contribution in [0, 0.1) is 0 Å². The Morgan fingerprint density at radius 2 is 1.84 bits per heavy atom. The third kappa shape index (κ3) is 4.97. The quantitative estimate of drug-likeness (QED) is 0.460. The van der Waals surface area contributed by atoms with E-state index in [1.807, 2.05) is 41.3 Å². The minimum Gasteiger partial charge on any atom is -0.493 e. The van der Waals surface area contributed by atoms with Gasteiger partial charge in [0.1, 0.15) is 0 Å². The molecule has 166 valence electrons. The lowest BCUT2D eigenvalue weighted by Crippen LogP contribution is -2.38. The Labute approximate surface area is 197 Å². The lowest BCUT2D eigenvalue weighted by molar-refractivity contribution is -0.134. The van der Waals surface area contributed by atoms with Gasteiger partial charge in [0.2, 0.25) is 0 Å². The third-order valence-corrected chi connectivity index (χ3v) is 6.66. The molecule has 6 nitrogen and oxygen atoms in total. The molecule has 32 heavy (non-hydrogen) atoms. The van der Waals surface area contributed by atoms with Crippen LogP contribution in [0.15, 0.2) is 53.4 Å². The largest absolute Gasteiger partial charge is 0.493 e. The molecule has 0 saturated carbocycles. The number of hydrogen-bond donors (Lipinski definition) is 0. The van der Waals surface area contributed by atoms with Gasteiger partial charge < -0.3 is 14.4 Å². The number of benzene rings is 2. The lowest BCUT2D eigenvalue weighted by Gasteiger charge is -2.26. The Hall–Kier alpha value is -2.84. The smallest absolute Gasteiger partial charge is 0.270 e. The highest BCUT2D eigenvalue weighted by molar-refractivity contribution is 8.27. The molecule has 2 fully saturated rings. The van der Waals surface area contributed by atoms with Crippen LogP contribution >= 0.6 is 24.0 Å². The van der Waals surface area contributed by atoms with E-state index in [2.05, 4.69) is 0 Å². The summed E-state index contributed by atoms with van der Waals surface area (Å²) in [5, 5.41) is 0. The number of nitrogens with zero attached hydrogens (tertiary/aromatic N) is 2. The summed E-state index contributed by atoms with van der Waals surface area (Å²) in [5.41, 5.74) is 1.53. The van der Waals surface area contributed by atoms with E-state index in [1.54, 1.807) is 25.3 Å². The zero-order valence-corrected chi connectivity index (χ0v) is 19.4. The van der Waals surface area contributed by atoms with Crippen molar-refractivity contribution in [2.24, 2.45) is 0 Å². The average molecular weight is 469 g/mol. The van der Waals surface area contributed by atoms with Gasteiger partial charge in [-0.1, -0.05) is 48.2 Å². The molecular formula is C24H24N2O4S2. The van der Waals surface area contributed by atoms with Crippen molar-refractivity contribution < 1.29 is 19.1 Å². The summed E-state index contributed by atoms with van der Waals surface area (Å²) in [5.74, 6) is 0.827. The first-order valence-electron chi connectivity index (χ1n) is 10.5. The molecule has 0 N–H and O–H groups in total. The molecule has 0 unspecified atom stereocenters. The predicted octanol–water partition coefficient (Wildman–Crippen LogP) is 4.49. The van der Waals surface area contributed by atoms with Crippen molar-refractivity contribution in [3.8, 4) is 11.5 Å². The molecular weight excluding hydrogens is 444 g/mol. The lowest BCUT2D eigenvalue weighted by atomic mass is 10.1. The zero-order chi connectivity index (χ0) is 22.5. The van der Waals surface area contributed by atoms with E-state index in [-0.39, 0.29) is 18.4 Å². The Kier molecular flexibility index (Phi) is 7.12. The number of rotatable bonds is 6. The number of anilines is 1. The topological polar surface area (TPSA) is 59.1 Å². The second-order valence-electron chi connectivity index (χ2n) is 7.49. The van der Waals surface area contributed by atoms with Crippen LogP contribution < -0.4 is 14.4 Å². The second-order valence-corrected chi connectivity index (χ2v) is 9.17. The number of likely N-dealkylation sites (tertiary alicyclic amines) is 1. The number of carbonyl (C=O) groups is 2. The summed E-state index contributed by atoms with van der Waals surface area (Å²) in [7, 11) is 1.55. The molecule has 0 aromatic heterocycles. The molecule has 2 aromatic rings. The van der Waals surface area contributed by atoms with Crippen LogP contribution in [0.5, 0.6) is 11.5 Å². The normalized spacial score (nSPS) is 17.7. The average Bonchev–Trinajstić information content (AvgIpc) is 3.11. The highest BCUT2D eigenvalue weighted by Crippen LogP contribution is 2.37. The summed E-state index contributed by atoms with van der Waals surface area (Å²) in [6, 6.07) is 14.7. The number of carbonyl (C=O) groups excluding carboxylic acids is 2. The molecule has 0 atom stereocenters. The van der Waals surface area contributed by atoms with Crippen molar-refractivity contribution in [2.75, 3.05) is 31.7 Å². The first-order chi connectivity index (χ1) is 15.6. The summed E-state index contributed by atoms with van der Waals surface area (Å²) >= 11 is 6.69. The summed E-state index contributed by atoms with van der Waals surface area (Å²) in [4.78, 5) is 29.2. The molecule has 2 aromatic carbocycles. The predicted molar refractivity (Wildman–Crippen MR) is 131 cm³/mol. The Balaban J connectivity index is 1.46. The molecule has 2 aliphatic heterocycles. The summed E-state index contributed by atoms with van der Waals surface area (Å²) in [6.45, 7) is 1.56. The van der Waals surface area contributed by atoms with Crippen LogP contribution in [0.3, 0.4) is 0 Å². The minimum atomic E-state index is -0.155. The van der Waals surface area contributed by atoms with Gasteiger partial charge in [-0.15, -0.1) is 0 Å². The van der Waals surface area contributed by atoms with Crippen molar-refractivity contribution in [3.05, 3.63) is 59.0 Å². The van der Waals surface area contributed by atoms with Gasteiger partial charge in [-0.3, -0.25) is 14.5 Å². The van der Waals surface area contributed by atoms with Crippen molar-refractivity contribution >= 4 is 51.9 Å². The van der Waals surface area contributed by atoms with Gasteiger partial charge >= 0.3 is 0 Å². The Bertz CT molecular complexity index is 1050. The van der Waals surface area contributed by atoms with Crippen molar-refractivity contribution in [1.82, 2.24) is 4.90 Å². The molecule has 0 aliphatic carbocycles. The van der Waals surface area contributed by atoms with Crippen molar-refractivity contribution in [1.29, 1.82) is 0 Å². The number of para-hydroxylation sites is 1. The summed E-state index contributed by atoms with van der Waals surface area (Å²) in [6.07, 6.45) is 5.04. The van der Waals surface area contributed by atoms with Crippen LogP contribution in [-0.2, 0) is 9.59 Å². The molecule has 2 heterocycles. The zero-order valence-electron chi connectivity index (χ0n) is 17.8. The maximum absolute atomic E-state index is 12.9. The monoisotopic (exact) mass is 468 g/mol. The van der Waals surface area contributed by atoms with E-state index in [0.29, 0.717) is 20.7 Å². The second kappa shape index (κ2) is 10.2. The van der Waals surface area contributed by atoms with Gasteiger partial charge in [-0.05, 0) is 55.2 Å². The number of methoxy groups -OCH3 is 1. The minimum absolute atomic E-state index is 0.0135. The van der Waals surface area contributed by atoms with Crippen molar-refractivity contribution in [2.45, 2.75) is 19.3 Å². The van der Waals surface area contributed by atoms with Crippen LogP contribution in [0.25, 0.3) is 6.08 Å². The van der Waals surface area contributed by atoms with E-state index in [1.165, 1.54) is 23.1 Å². The maximum atomic E-state index is 12.9. The number of amides is 2. The molecule has 8 heteroatoms. The third-order valence-electron chi connectivity index (χ3n) is 5.35. The molecule has 4 rings (SSSR count). The fraction of sp³-hybridized carbons (Fsp3) is 0.292. The molecule has 2 aliphatic rings. The molecule has 2 saturated heterocycles. The number of piperidine rings is 1. The molecule has 2 amide bonds. The van der Waals surface area contributed by atoms with Crippen molar-refractivity contribution in [3.63, 3.8) is 0 Å². The number of thioether (sulfide) groups is 1. The Morgan fingerprint density at radius 1 is 1.09 bits per heavy atom. The number of thiocarbonyl (C=S) groups is 1. The molecule has 0 radical (unpaired) electrons. The molecule has 0 spiro atoms. The first kappa shape index (κ1) is 22.4. The Morgan fingerprint density at radius 3 is 2.56 bits per heavy atom. The highest BCUT2D eigenvalue weighted by Gasteiger charge is 2.33. The number of ether oxygens (including phenoxy) is 2. The van der Waals surface area contributed by atoms with E-state index in [9.17, 15) is 9.59 Å². The fourth-order valence-electron chi connectivity index (χ4n) is 3.69. The van der Waals surface area contributed by atoms with Gasteiger partial charge in [0.15, 0.2) is 22.4 Å². The fourth-order valence-corrected chi connectivity index (χ4v) is 4.99. The van der Waals surface area contributed by atoms with Crippen LogP contribution in [0.4, 0.5) is 5.69 Å². The molecule has 0 bridgehead atoms. The van der Waals surface area contributed by atoms with Crippen LogP contribution in [0.2, 0.25) is 0 Å². The van der Waals surface area contributed by atoms with E-state index in [4.69, 9.17) is 21.7 Å².